The van der Waals surface area contributed by atoms with Gasteiger partial charge in [0.25, 0.3) is 0 Å². The molecule has 2 unspecified atom stereocenters. The Morgan fingerprint density at radius 3 is 3.23 bits per heavy atom. The van der Waals surface area contributed by atoms with E-state index >= 15 is 0 Å². The molecule has 0 bridgehead atoms. The van der Waals surface area contributed by atoms with Crippen LogP contribution in [0.25, 0.3) is 0 Å². The van der Waals surface area contributed by atoms with Crippen LogP contribution in [0.5, 0.6) is 0 Å². The van der Waals surface area contributed by atoms with Gasteiger partial charge in [-0.25, -0.2) is 0 Å². The zero-order valence-electron chi connectivity index (χ0n) is 7.47. The Morgan fingerprint density at radius 1 is 1.62 bits per heavy atom. The minimum absolute atomic E-state index is 0.411. The van der Waals surface area contributed by atoms with E-state index in [0.29, 0.717) is 11.4 Å². The summed E-state index contributed by atoms with van der Waals surface area (Å²) in [5.74, 6) is 0. The van der Waals surface area contributed by atoms with Gasteiger partial charge in [-0.3, -0.25) is 0 Å². The van der Waals surface area contributed by atoms with Gasteiger partial charge in [-0.1, -0.05) is 23.1 Å². The molecule has 1 aliphatic rings. The summed E-state index contributed by atoms with van der Waals surface area (Å²) < 4.78 is 6.47. The van der Waals surface area contributed by atoms with Gasteiger partial charge in [0.05, 0.1) is 6.10 Å². The smallest absolute Gasteiger partial charge is 0.174 e. The van der Waals surface area contributed by atoms with Crippen LogP contribution in [0, 0.1) is 0 Å². The fraction of sp³-hybridized carbons (Fsp3) is 0.750. The van der Waals surface area contributed by atoms with Crippen LogP contribution in [0.4, 0.5) is 0 Å². The SMILES string of the molecule is COC1CCCC1Sc1nncs1. The van der Waals surface area contributed by atoms with Gasteiger partial charge in [0, 0.05) is 12.4 Å². The molecule has 0 spiro atoms. The van der Waals surface area contributed by atoms with Crippen LogP contribution in [-0.2, 0) is 4.74 Å². The largest absolute Gasteiger partial charge is 0.380 e. The van der Waals surface area contributed by atoms with Crippen molar-refractivity contribution in [3.05, 3.63) is 5.51 Å². The third-order valence-electron chi connectivity index (χ3n) is 2.29. The summed E-state index contributed by atoms with van der Waals surface area (Å²) in [6, 6.07) is 0. The molecule has 1 saturated carbocycles. The molecular formula is C8H12N2OS2. The van der Waals surface area contributed by atoms with Gasteiger partial charge >= 0.3 is 0 Å². The normalized spacial score (nSPS) is 28.1. The highest BCUT2D eigenvalue weighted by Crippen LogP contribution is 2.36. The minimum atomic E-state index is 0.411. The van der Waals surface area contributed by atoms with Gasteiger partial charge in [0.2, 0.25) is 0 Å². The number of nitrogens with zero attached hydrogens (tertiary/aromatic N) is 2. The topological polar surface area (TPSA) is 35.0 Å². The number of rotatable bonds is 3. The zero-order valence-corrected chi connectivity index (χ0v) is 9.11. The van der Waals surface area contributed by atoms with Crippen LogP contribution in [0.3, 0.4) is 0 Å². The highest BCUT2D eigenvalue weighted by Gasteiger charge is 2.28. The maximum absolute atomic E-state index is 5.41. The summed E-state index contributed by atoms with van der Waals surface area (Å²) in [7, 11) is 1.80. The molecule has 1 aromatic rings. The summed E-state index contributed by atoms with van der Waals surface area (Å²) in [6.07, 6.45) is 4.11. The molecule has 1 fully saturated rings. The first-order chi connectivity index (χ1) is 6.40. The highest BCUT2D eigenvalue weighted by molar-refractivity contribution is 8.01. The quantitative estimate of drug-likeness (QED) is 0.776. The predicted octanol–water partition coefficient (Wildman–Crippen LogP) is 2.20. The second kappa shape index (κ2) is 4.39. The van der Waals surface area contributed by atoms with Crippen LogP contribution in [0.2, 0.25) is 0 Å². The van der Waals surface area contributed by atoms with Gasteiger partial charge in [0.1, 0.15) is 5.51 Å². The lowest BCUT2D eigenvalue weighted by atomic mass is 10.3. The van der Waals surface area contributed by atoms with Gasteiger partial charge < -0.3 is 4.74 Å². The Labute approximate surface area is 85.9 Å². The molecule has 1 aromatic heterocycles. The zero-order chi connectivity index (χ0) is 9.10. The maximum Gasteiger partial charge on any atom is 0.174 e. The summed E-state index contributed by atoms with van der Waals surface area (Å²) >= 11 is 3.42. The molecule has 0 saturated heterocycles. The Kier molecular flexibility index (Phi) is 3.18. The first kappa shape index (κ1) is 9.43. The fourth-order valence-electron chi connectivity index (χ4n) is 1.64. The lowest BCUT2D eigenvalue weighted by Gasteiger charge is -2.15. The molecule has 0 aromatic carbocycles. The summed E-state index contributed by atoms with van der Waals surface area (Å²) in [5, 5.41) is 8.43. The number of methoxy groups -OCH3 is 1. The Morgan fingerprint density at radius 2 is 2.54 bits per heavy atom. The van der Waals surface area contributed by atoms with Gasteiger partial charge in [-0.15, -0.1) is 10.2 Å². The third-order valence-corrected chi connectivity index (χ3v) is 4.47. The lowest BCUT2D eigenvalue weighted by Crippen LogP contribution is -2.18. The van der Waals surface area contributed by atoms with E-state index < -0.39 is 0 Å². The Hall–Kier alpha value is -0.130. The molecule has 0 N–H and O–H groups in total. The van der Waals surface area contributed by atoms with Crippen molar-refractivity contribution in [1.29, 1.82) is 0 Å². The summed E-state index contributed by atoms with van der Waals surface area (Å²) in [6.45, 7) is 0. The fourth-order valence-corrected chi connectivity index (χ4v) is 3.68. The second-order valence-corrected chi connectivity index (χ2v) is 5.39. The number of ether oxygens (including phenoxy) is 1. The van der Waals surface area contributed by atoms with E-state index in [2.05, 4.69) is 10.2 Å². The highest BCUT2D eigenvalue weighted by atomic mass is 32.2. The van der Waals surface area contributed by atoms with Crippen LogP contribution >= 0.6 is 23.1 Å². The Balaban J connectivity index is 1.94. The molecule has 72 valence electrons. The van der Waals surface area contributed by atoms with Crippen LogP contribution < -0.4 is 0 Å². The molecule has 0 amide bonds. The van der Waals surface area contributed by atoms with Gasteiger partial charge in [-0.2, -0.15) is 0 Å². The molecule has 13 heavy (non-hydrogen) atoms. The van der Waals surface area contributed by atoms with E-state index in [1.54, 1.807) is 24.0 Å². The summed E-state index contributed by atoms with van der Waals surface area (Å²) in [4.78, 5) is 0. The van der Waals surface area contributed by atoms with Crippen molar-refractivity contribution in [2.45, 2.75) is 35.0 Å². The number of hydrogen-bond donors (Lipinski definition) is 0. The minimum Gasteiger partial charge on any atom is -0.380 e. The van der Waals surface area contributed by atoms with Crippen molar-refractivity contribution in [2.75, 3.05) is 7.11 Å². The summed E-state index contributed by atoms with van der Waals surface area (Å²) in [5.41, 5.74) is 1.78. The average molecular weight is 216 g/mol. The predicted molar refractivity (Wildman–Crippen MR) is 54.2 cm³/mol. The molecule has 2 rings (SSSR count). The van der Waals surface area contributed by atoms with E-state index in [0.717, 1.165) is 4.34 Å². The monoisotopic (exact) mass is 216 g/mol. The average Bonchev–Trinajstić information content (AvgIpc) is 2.76. The molecule has 3 nitrogen and oxygen atoms in total. The lowest BCUT2D eigenvalue weighted by molar-refractivity contribution is 0.113. The van der Waals surface area contributed by atoms with E-state index in [1.165, 1.54) is 19.3 Å². The van der Waals surface area contributed by atoms with Crippen LogP contribution in [0.1, 0.15) is 19.3 Å². The van der Waals surface area contributed by atoms with E-state index in [1.807, 2.05) is 11.8 Å². The first-order valence-corrected chi connectivity index (χ1v) is 6.11. The molecule has 1 heterocycles. The van der Waals surface area contributed by atoms with E-state index in [-0.39, 0.29) is 0 Å². The van der Waals surface area contributed by atoms with Gasteiger partial charge in [0.15, 0.2) is 4.34 Å². The molecule has 0 radical (unpaired) electrons. The molecular weight excluding hydrogens is 204 g/mol. The van der Waals surface area contributed by atoms with Crippen molar-refractivity contribution < 1.29 is 4.74 Å². The second-order valence-electron chi connectivity index (χ2n) is 3.07. The van der Waals surface area contributed by atoms with Crippen molar-refractivity contribution in [2.24, 2.45) is 0 Å². The molecule has 5 heteroatoms. The maximum atomic E-state index is 5.41. The molecule has 2 atom stereocenters. The molecule has 0 aliphatic heterocycles. The first-order valence-electron chi connectivity index (χ1n) is 4.36. The van der Waals surface area contributed by atoms with Crippen molar-refractivity contribution in [3.8, 4) is 0 Å². The number of thioether (sulfide) groups is 1. The number of hydrogen-bond acceptors (Lipinski definition) is 5. The standard InChI is InChI=1S/C8H12N2OS2/c1-11-6-3-2-4-7(6)13-8-10-9-5-12-8/h5-7H,2-4H2,1H3. The third kappa shape index (κ3) is 2.21. The number of aromatic nitrogens is 2. The van der Waals surface area contributed by atoms with Crippen molar-refractivity contribution in [3.63, 3.8) is 0 Å². The van der Waals surface area contributed by atoms with Crippen LogP contribution in [-0.4, -0.2) is 28.7 Å². The van der Waals surface area contributed by atoms with Crippen LogP contribution in [0.15, 0.2) is 9.85 Å². The molecule has 1 aliphatic carbocycles. The van der Waals surface area contributed by atoms with E-state index in [9.17, 15) is 0 Å². The van der Waals surface area contributed by atoms with Crippen molar-refractivity contribution >= 4 is 23.1 Å². The Bertz CT molecular complexity index is 253. The van der Waals surface area contributed by atoms with E-state index in [4.69, 9.17) is 4.74 Å². The van der Waals surface area contributed by atoms with Crippen molar-refractivity contribution in [1.82, 2.24) is 10.2 Å². The van der Waals surface area contributed by atoms with Gasteiger partial charge in [-0.05, 0) is 19.3 Å².